The minimum absolute atomic E-state index is 0.713. The van der Waals surface area contributed by atoms with Crippen LogP contribution in [0.5, 0.6) is 0 Å². The third kappa shape index (κ3) is 4.44. The van der Waals surface area contributed by atoms with Gasteiger partial charge >= 0.3 is 0 Å². The van der Waals surface area contributed by atoms with Gasteiger partial charge in [0.05, 0.1) is 11.6 Å². The van der Waals surface area contributed by atoms with Gasteiger partial charge in [0.2, 0.25) is 0 Å². The van der Waals surface area contributed by atoms with Crippen molar-refractivity contribution in [2.24, 2.45) is 0 Å². The molecule has 0 amide bonds. The van der Waals surface area contributed by atoms with Crippen LogP contribution in [0.4, 0.5) is 0 Å². The monoisotopic (exact) mass is 449 g/mol. The molecular formula is C31H35N3. The number of nitrogens with one attached hydrogen (secondary N) is 1. The number of hydrogen-bond donors (Lipinski definition) is 1. The van der Waals surface area contributed by atoms with Gasteiger partial charge < -0.3 is 10.2 Å². The normalized spacial score (nSPS) is 13.4. The molecule has 0 aromatic heterocycles. The standard InChI is InChI=1S/C31H35N3/c1-19-12-25(14-27-18-34(7)9-8-28(19)27)23(5)29-15-30(26(16-32)13-20(29)2)31-21(3)10-24(17-33-6)11-22(31)4/h10-15,33H,5,8-9,17-18H2,1-4,6-7H3. The van der Waals surface area contributed by atoms with Crippen molar-refractivity contribution in [1.82, 2.24) is 10.2 Å². The van der Waals surface area contributed by atoms with Gasteiger partial charge in [0.25, 0.3) is 0 Å². The average Bonchev–Trinajstić information content (AvgIpc) is 2.78. The molecule has 1 heterocycles. The molecule has 34 heavy (non-hydrogen) atoms. The van der Waals surface area contributed by atoms with Gasteiger partial charge in [-0.1, -0.05) is 24.8 Å². The van der Waals surface area contributed by atoms with E-state index in [1.807, 2.05) is 13.1 Å². The van der Waals surface area contributed by atoms with Crippen molar-refractivity contribution in [1.29, 1.82) is 5.26 Å². The van der Waals surface area contributed by atoms with Crippen LogP contribution < -0.4 is 5.32 Å². The molecular weight excluding hydrogens is 414 g/mol. The maximum Gasteiger partial charge on any atom is 0.0998 e. The first-order valence-electron chi connectivity index (χ1n) is 12.0. The summed E-state index contributed by atoms with van der Waals surface area (Å²) in [6.07, 6.45) is 1.10. The van der Waals surface area contributed by atoms with E-state index < -0.39 is 0 Å². The zero-order valence-corrected chi connectivity index (χ0v) is 21.4. The maximum absolute atomic E-state index is 9.98. The van der Waals surface area contributed by atoms with E-state index in [4.69, 9.17) is 0 Å². The molecule has 0 aliphatic carbocycles. The van der Waals surface area contributed by atoms with Crippen molar-refractivity contribution in [2.75, 3.05) is 20.6 Å². The van der Waals surface area contributed by atoms with E-state index in [1.165, 1.54) is 38.9 Å². The lowest BCUT2D eigenvalue weighted by Gasteiger charge is -2.27. The molecule has 174 valence electrons. The highest BCUT2D eigenvalue weighted by molar-refractivity contribution is 5.86. The van der Waals surface area contributed by atoms with Crippen molar-refractivity contribution in [2.45, 2.75) is 47.2 Å². The summed E-state index contributed by atoms with van der Waals surface area (Å²) in [5, 5.41) is 13.2. The van der Waals surface area contributed by atoms with Crippen LogP contribution in [0.1, 0.15) is 55.6 Å². The Morgan fingerprint density at radius 2 is 1.71 bits per heavy atom. The summed E-state index contributed by atoms with van der Waals surface area (Å²) in [6.45, 7) is 16.0. The van der Waals surface area contributed by atoms with Crippen LogP contribution in [0, 0.1) is 39.0 Å². The number of nitrogens with zero attached hydrogens (tertiary/aromatic N) is 2. The minimum Gasteiger partial charge on any atom is -0.316 e. The third-order valence-electron chi connectivity index (χ3n) is 7.15. The van der Waals surface area contributed by atoms with Gasteiger partial charge in [-0.2, -0.15) is 5.26 Å². The third-order valence-corrected chi connectivity index (χ3v) is 7.15. The molecule has 3 heteroatoms. The Morgan fingerprint density at radius 1 is 1.00 bits per heavy atom. The summed E-state index contributed by atoms with van der Waals surface area (Å²) in [5.41, 5.74) is 15.1. The summed E-state index contributed by atoms with van der Waals surface area (Å²) in [4.78, 5) is 2.38. The lowest BCUT2D eigenvalue weighted by Crippen LogP contribution is -2.27. The van der Waals surface area contributed by atoms with Crippen LogP contribution >= 0.6 is 0 Å². The molecule has 0 saturated heterocycles. The van der Waals surface area contributed by atoms with Gasteiger partial charge in [0.1, 0.15) is 0 Å². The van der Waals surface area contributed by atoms with E-state index in [0.29, 0.717) is 5.56 Å². The number of likely N-dealkylation sites (N-methyl/N-ethyl adjacent to an activating group) is 1. The Kier molecular flexibility index (Phi) is 6.75. The van der Waals surface area contributed by atoms with Crippen LogP contribution in [-0.2, 0) is 19.5 Å². The van der Waals surface area contributed by atoms with Gasteiger partial charge in [-0.05, 0) is 128 Å². The minimum atomic E-state index is 0.713. The quantitative estimate of drug-likeness (QED) is 0.502. The van der Waals surface area contributed by atoms with Crippen molar-refractivity contribution >= 4 is 5.57 Å². The van der Waals surface area contributed by atoms with E-state index in [0.717, 1.165) is 53.9 Å². The zero-order valence-electron chi connectivity index (χ0n) is 21.4. The first-order valence-corrected chi connectivity index (χ1v) is 12.0. The Hall–Kier alpha value is -3.19. The lowest BCUT2D eigenvalue weighted by atomic mass is 9.84. The molecule has 3 aromatic rings. The van der Waals surface area contributed by atoms with E-state index >= 15 is 0 Å². The van der Waals surface area contributed by atoms with Crippen LogP contribution in [0.3, 0.4) is 0 Å². The largest absolute Gasteiger partial charge is 0.316 e. The Bertz CT molecular complexity index is 1300. The SMILES string of the molecule is C=C(c1cc(C)c2c(c1)CN(C)CC2)c1cc(-c2c(C)cc(CNC)cc2C)c(C#N)cc1C. The van der Waals surface area contributed by atoms with Crippen LogP contribution in [-0.4, -0.2) is 25.5 Å². The fraction of sp³-hybridized carbons (Fsp3) is 0.323. The van der Waals surface area contributed by atoms with Crippen LogP contribution in [0.15, 0.2) is 43.0 Å². The molecule has 3 aromatic carbocycles. The highest BCUT2D eigenvalue weighted by atomic mass is 15.1. The van der Waals surface area contributed by atoms with Gasteiger partial charge in [-0.3, -0.25) is 0 Å². The Labute approximate surface area is 204 Å². The van der Waals surface area contributed by atoms with Crippen molar-refractivity contribution in [3.8, 4) is 17.2 Å². The van der Waals surface area contributed by atoms with E-state index in [1.54, 1.807) is 0 Å². The molecule has 1 aliphatic heterocycles. The number of aryl methyl sites for hydroxylation is 4. The first kappa shape index (κ1) is 24.0. The second-order valence-electron chi connectivity index (χ2n) is 9.86. The Balaban J connectivity index is 1.84. The molecule has 0 spiro atoms. The highest BCUT2D eigenvalue weighted by Gasteiger charge is 2.19. The van der Waals surface area contributed by atoms with Crippen LogP contribution in [0.25, 0.3) is 16.7 Å². The number of fused-ring (bicyclic) bond motifs is 1. The number of nitriles is 1. The highest BCUT2D eigenvalue weighted by Crippen LogP contribution is 2.37. The molecule has 0 unspecified atom stereocenters. The fourth-order valence-electron chi connectivity index (χ4n) is 5.51. The van der Waals surface area contributed by atoms with Gasteiger partial charge in [-0.25, -0.2) is 0 Å². The molecule has 1 N–H and O–H groups in total. The smallest absolute Gasteiger partial charge is 0.0998 e. The molecule has 0 atom stereocenters. The summed E-state index contributed by atoms with van der Waals surface area (Å²) in [6, 6.07) is 15.7. The van der Waals surface area contributed by atoms with Crippen molar-refractivity contribution < 1.29 is 0 Å². The maximum atomic E-state index is 9.98. The van der Waals surface area contributed by atoms with Gasteiger partial charge in [-0.15, -0.1) is 0 Å². The summed E-state index contributed by atoms with van der Waals surface area (Å²) in [5.74, 6) is 0. The number of hydrogen-bond acceptors (Lipinski definition) is 3. The second kappa shape index (κ2) is 9.58. The zero-order chi connectivity index (χ0) is 24.6. The predicted molar refractivity (Wildman–Crippen MR) is 143 cm³/mol. The van der Waals surface area contributed by atoms with Crippen LogP contribution in [0.2, 0.25) is 0 Å². The second-order valence-corrected chi connectivity index (χ2v) is 9.86. The average molecular weight is 450 g/mol. The topological polar surface area (TPSA) is 39.1 Å². The van der Waals surface area contributed by atoms with Gasteiger partial charge in [0.15, 0.2) is 0 Å². The fourth-order valence-corrected chi connectivity index (χ4v) is 5.51. The molecule has 3 nitrogen and oxygen atoms in total. The van der Waals surface area contributed by atoms with Gasteiger partial charge in [0, 0.05) is 25.2 Å². The lowest BCUT2D eigenvalue weighted by molar-refractivity contribution is 0.312. The summed E-state index contributed by atoms with van der Waals surface area (Å²) >= 11 is 0. The Morgan fingerprint density at radius 3 is 2.35 bits per heavy atom. The molecule has 0 bridgehead atoms. The predicted octanol–water partition coefficient (Wildman–Crippen LogP) is 6.23. The summed E-state index contributed by atoms with van der Waals surface area (Å²) in [7, 11) is 4.15. The number of rotatable bonds is 5. The molecule has 4 rings (SSSR count). The first-order chi connectivity index (χ1) is 16.2. The number of benzene rings is 3. The molecule has 1 aliphatic rings. The van der Waals surface area contributed by atoms with E-state index in [9.17, 15) is 5.26 Å². The van der Waals surface area contributed by atoms with Crippen molar-refractivity contribution in [3.63, 3.8) is 0 Å². The molecule has 0 radical (unpaired) electrons. The van der Waals surface area contributed by atoms with E-state index in [2.05, 4.69) is 87.9 Å². The summed E-state index contributed by atoms with van der Waals surface area (Å²) < 4.78 is 0. The van der Waals surface area contributed by atoms with E-state index in [-0.39, 0.29) is 0 Å². The van der Waals surface area contributed by atoms with Crippen molar-refractivity contribution in [3.05, 3.63) is 98.6 Å². The molecule has 0 saturated carbocycles. The molecule has 0 fully saturated rings.